The molecule has 1 amide bonds. The highest BCUT2D eigenvalue weighted by molar-refractivity contribution is 5.83. The minimum absolute atomic E-state index is 0.0737. The molecule has 1 fully saturated rings. The Bertz CT molecular complexity index is 401. The van der Waals surface area contributed by atoms with Crippen LogP contribution in [0.3, 0.4) is 0 Å². The van der Waals surface area contributed by atoms with Crippen molar-refractivity contribution in [1.29, 1.82) is 0 Å². The molecule has 0 bridgehead atoms. The van der Waals surface area contributed by atoms with Gasteiger partial charge in [-0.3, -0.25) is 4.79 Å². The van der Waals surface area contributed by atoms with E-state index in [-0.39, 0.29) is 11.8 Å². The molecule has 1 aromatic carbocycles. The summed E-state index contributed by atoms with van der Waals surface area (Å²) in [7, 11) is 0. The fourth-order valence-electron chi connectivity index (χ4n) is 2.50. The molecular formula is C16H25N3O. The molecule has 0 aromatic heterocycles. The maximum absolute atomic E-state index is 12.1. The fraction of sp³-hybridized carbons (Fsp3) is 0.562. The Hall–Kier alpha value is -1.39. The molecule has 4 nitrogen and oxygen atoms in total. The summed E-state index contributed by atoms with van der Waals surface area (Å²) < 4.78 is 0. The molecule has 0 saturated carbocycles. The molecule has 20 heavy (non-hydrogen) atoms. The first-order chi connectivity index (χ1) is 9.77. The molecule has 2 rings (SSSR count). The Morgan fingerprint density at radius 2 is 2.00 bits per heavy atom. The van der Waals surface area contributed by atoms with Crippen molar-refractivity contribution < 1.29 is 4.79 Å². The van der Waals surface area contributed by atoms with Gasteiger partial charge in [-0.15, -0.1) is 0 Å². The van der Waals surface area contributed by atoms with E-state index in [1.54, 1.807) is 0 Å². The van der Waals surface area contributed by atoms with Crippen LogP contribution >= 0.6 is 0 Å². The molecule has 2 N–H and O–H groups in total. The average Bonchev–Trinajstić information content (AvgIpc) is 2.52. The van der Waals surface area contributed by atoms with Crippen molar-refractivity contribution in [3.63, 3.8) is 0 Å². The minimum atomic E-state index is -0.0737. The van der Waals surface area contributed by atoms with Gasteiger partial charge < -0.3 is 15.5 Å². The Kier molecular flexibility index (Phi) is 6.02. The van der Waals surface area contributed by atoms with E-state index in [4.69, 9.17) is 0 Å². The van der Waals surface area contributed by atoms with Crippen molar-refractivity contribution in [2.45, 2.75) is 19.3 Å². The second-order valence-corrected chi connectivity index (χ2v) is 5.37. The molecular weight excluding hydrogens is 250 g/mol. The van der Waals surface area contributed by atoms with E-state index < -0.39 is 0 Å². The maximum atomic E-state index is 12.1. The summed E-state index contributed by atoms with van der Waals surface area (Å²) in [6.45, 7) is 8.19. The second kappa shape index (κ2) is 8.02. The molecule has 4 heteroatoms. The molecule has 1 aliphatic rings. The van der Waals surface area contributed by atoms with E-state index in [9.17, 15) is 4.79 Å². The number of nitrogens with zero attached hydrogens (tertiary/aromatic N) is 1. The van der Waals surface area contributed by atoms with Crippen molar-refractivity contribution in [1.82, 2.24) is 15.5 Å². The standard InChI is InChI=1S/C16H25N3O/c1-14(15-6-3-2-4-7-15)16(20)18-8-5-11-19-12-9-17-10-13-19/h2-4,6-7,14,17H,5,8-13H2,1H3,(H,18,20). The predicted octanol–water partition coefficient (Wildman–Crippen LogP) is 1.20. The van der Waals surface area contributed by atoms with Gasteiger partial charge in [0.1, 0.15) is 0 Å². The highest BCUT2D eigenvalue weighted by atomic mass is 16.1. The number of hydrogen-bond acceptors (Lipinski definition) is 3. The summed E-state index contributed by atoms with van der Waals surface area (Å²) in [5.41, 5.74) is 1.08. The molecule has 0 aliphatic carbocycles. The molecule has 0 radical (unpaired) electrons. The number of hydrogen-bond donors (Lipinski definition) is 2. The number of rotatable bonds is 6. The van der Waals surface area contributed by atoms with Crippen LogP contribution in [-0.4, -0.2) is 50.1 Å². The van der Waals surface area contributed by atoms with Gasteiger partial charge in [0.15, 0.2) is 0 Å². The van der Waals surface area contributed by atoms with Gasteiger partial charge in [-0.2, -0.15) is 0 Å². The zero-order valence-corrected chi connectivity index (χ0v) is 12.3. The second-order valence-electron chi connectivity index (χ2n) is 5.37. The number of nitrogens with one attached hydrogen (secondary N) is 2. The van der Waals surface area contributed by atoms with E-state index in [1.807, 2.05) is 37.3 Å². The number of carbonyl (C=O) groups excluding carboxylic acids is 1. The largest absolute Gasteiger partial charge is 0.356 e. The highest BCUT2D eigenvalue weighted by Gasteiger charge is 2.14. The van der Waals surface area contributed by atoms with Crippen molar-refractivity contribution >= 4 is 5.91 Å². The summed E-state index contributed by atoms with van der Waals surface area (Å²) in [6.07, 6.45) is 1.02. The first-order valence-electron chi connectivity index (χ1n) is 7.53. The molecule has 110 valence electrons. The van der Waals surface area contributed by atoms with Gasteiger partial charge in [0.05, 0.1) is 5.92 Å². The summed E-state index contributed by atoms with van der Waals surface area (Å²) in [4.78, 5) is 14.5. The average molecular weight is 275 g/mol. The van der Waals surface area contributed by atoms with E-state index in [1.165, 1.54) is 0 Å². The SMILES string of the molecule is CC(C(=O)NCCCN1CCNCC1)c1ccccc1. The van der Waals surface area contributed by atoms with Crippen LogP contribution in [0.15, 0.2) is 30.3 Å². The van der Waals surface area contributed by atoms with Gasteiger partial charge in [0.25, 0.3) is 0 Å². The minimum Gasteiger partial charge on any atom is -0.356 e. The third-order valence-corrected chi connectivity index (χ3v) is 3.85. The first-order valence-corrected chi connectivity index (χ1v) is 7.53. The van der Waals surface area contributed by atoms with Crippen molar-refractivity contribution in [2.24, 2.45) is 0 Å². The number of benzene rings is 1. The zero-order chi connectivity index (χ0) is 14.2. The molecule has 1 aliphatic heterocycles. The van der Waals surface area contributed by atoms with E-state index in [2.05, 4.69) is 15.5 Å². The summed E-state index contributed by atoms with van der Waals surface area (Å²) in [5, 5.41) is 6.38. The molecule has 0 spiro atoms. The smallest absolute Gasteiger partial charge is 0.227 e. The lowest BCUT2D eigenvalue weighted by Crippen LogP contribution is -2.44. The van der Waals surface area contributed by atoms with Crippen molar-refractivity contribution in [2.75, 3.05) is 39.3 Å². The zero-order valence-electron chi connectivity index (χ0n) is 12.3. The van der Waals surface area contributed by atoms with E-state index in [0.717, 1.165) is 51.3 Å². The molecule has 1 atom stereocenters. The van der Waals surface area contributed by atoms with Gasteiger partial charge >= 0.3 is 0 Å². The van der Waals surface area contributed by atoms with Crippen LogP contribution in [0, 0.1) is 0 Å². The van der Waals surface area contributed by atoms with Gasteiger partial charge in [0, 0.05) is 32.7 Å². The van der Waals surface area contributed by atoms with Gasteiger partial charge in [-0.05, 0) is 25.5 Å². The van der Waals surface area contributed by atoms with Gasteiger partial charge in [-0.25, -0.2) is 0 Å². The predicted molar refractivity (Wildman–Crippen MR) is 81.8 cm³/mol. The summed E-state index contributed by atoms with van der Waals surface area (Å²) in [5.74, 6) is 0.0481. The summed E-state index contributed by atoms with van der Waals surface area (Å²) >= 11 is 0. The van der Waals surface area contributed by atoms with Crippen LogP contribution in [0.5, 0.6) is 0 Å². The number of amides is 1. The van der Waals surface area contributed by atoms with Crippen LogP contribution in [0.25, 0.3) is 0 Å². The maximum Gasteiger partial charge on any atom is 0.227 e. The van der Waals surface area contributed by atoms with Gasteiger partial charge in [-0.1, -0.05) is 30.3 Å². The van der Waals surface area contributed by atoms with Crippen LogP contribution in [0.2, 0.25) is 0 Å². The lowest BCUT2D eigenvalue weighted by Gasteiger charge is -2.27. The topological polar surface area (TPSA) is 44.4 Å². The highest BCUT2D eigenvalue weighted by Crippen LogP contribution is 2.14. The third-order valence-electron chi connectivity index (χ3n) is 3.85. The summed E-state index contributed by atoms with van der Waals surface area (Å²) in [6, 6.07) is 9.94. The lowest BCUT2D eigenvalue weighted by atomic mass is 10.0. The lowest BCUT2D eigenvalue weighted by molar-refractivity contribution is -0.122. The van der Waals surface area contributed by atoms with Crippen molar-refractivity contribution in [3.05, 3.63) is 35.9 Å². The van der Waals surface area contributed by atoms with Crippen LogP contribution in [-0.2, 0) is 4.79 Å². The molecule has 1 heterocycles. The quantitative estimate of drug-likeness (QED) is 0.767. The molecule has 1 aromatic rings. The fourth-order valence-corrected chi connectivity index (χ4v) is 2.50. The monoisotopic (exact) mass is 275 g/mol. The van der Waals surface area contributed by atoms with E-state index >= 15 is 0 Å². The third kappa shape index (κ3) is 4.62. The van der Waals surface area contributed by atoms with Crippen LogP contribution in [0.1, 0.15) is 24.8 Å². The number of piperazine rings is 1. The Balaban J connectivity index is 1.64. The molecule has 1 saturated heterocycles. The van der Waals surface area contributed by atoms with Crippen LogP contribution < -0.4 is 10.6 Å². The number of carbonyl (C=O) groups is 1. The Labute approximate surface area is 121 Å². The van der Waals surface area contributed by atoms with Crippen LogP contribution in [0.4, 0.5) is 0 Å². The van der Waals surface area contributed by atoms with Crippen molar-refractivity contribution in [3.8, 4) is 0 Å². The first kappa shape index (κ1) is 15.0. The Morgan fingerprint density at radius 3 is 2.70 bits per heavy atom. The molecule has 1 unspecified atom stereocenters. The van der Waals surface area contributed by atoms with E-state index in [0.29, 0.717) is 0 Å². The van der Waals surface area contributed by atoms with Gasteiger partial charge in [0.2, 0.25) is 5.91 Å². The normalized spacial score (nSPS) is 17.6. The Morgan fingerprint density at radius 1 is 1.30 bits per heavy atom.